The molecule has 1 heterocycles. The number of alkyl halides is 1. The number of anilines is 1. The predicted molar refractivity (Wildman–Crippen MR) is 71.7 cm³/mol. The molecule has 1 aliphatic rings. The smallest absolute Gasteiger partial charge is 0.223 e. The summed E-state index contributed by atoms with van der Waals surface area (Å²) in [5.74, 6) is 1.83. The highest BCUT2D eigenvalue weighted by atomic mass is 35.5. The predicted octanol–water partition coefficient (Wildman–Crippen LogP) is 3.34. The zero-order chi connectivity index (χ0) is 12.4. The van der Waals surface area contributed by atoms with Crippen LogP contribution in [0.2, 0.25) is 0 Å². The van der Waals surface area contributed by atoms with Gasteiger partial charge in [0, 0.05) is 17.9 Å². The second kappa shape index (κ2) is 5.21. The Morgan fingerprint density at radius 1 is 1.41 bits per heavy atom. The molecule has 94 valence electrons. The zero-order valence-electron chi connectivity index (χ0n) is 10.7. The molecule has 2 rings (SSSR count). The highest BCUT2D eigenvalue weighted by Gasteiger charge is 2.29. The van der Waals surface area contributed by atoms with Gasteiger partial charge in [0.25, 0.3) is 0 Å². The van der Waals surface area contributed by atoms with Crippen molar-refractivity contribution in [2.45, 2.75) is 44.9 Å². The number of nitrogens with one attached hydrogen (secondary N) is 1. The van der Waals surface area contributed by atoms with Crippen LogP contribution < -0.4 is 5.32 Å². The van der Waals surface area contributed by atoms with E-state index in [1.165, 1.54) is 12.8 Å². The molecule has 1 saturated carbocycles. The molecule has 4 heteroatoms. The summed E-state index contributed by atoms with van der Waals surface area (Å²) in [5, 5.41) is 3.46. The molecule has 1 fully saturated rings. The van der Waals surface area contributed by atoms with Gasteiger partial charge in [-0.3, -0.25) is 0 Å². The number of halogens is 1. The van der Waals surface area contributed by atoms with Crippen LogP contribution in [-0.2, 0) is 0 Å². The fraction of sp³-hybridized carbons (Fsp3) is 0.692. The molecule has 3 nitrogen and oxygen atoms in total. The average molecular weight is 254 g/mol. The van der Waals surface area contributed by atoms with E-state index in [-0.39, 0.29) is 5.38 Å². The summed E-state index contributed by atoms with van der Waals surface area (Å²) < 4.78 is 0. The Balaban J connectivity index is 1.99. The van der Waals surface area contributed by atoms with Gasteiger partial charge < -0.3 is 5.32 Å². The van der Waals surface area contributed by atoms with Crippen molar-refractivity contribution in [3.05, 3.63) is 17.5 Å². The largest absolute Gasteiger partial charge is 0.353 e. The molecule has 1 aromatic rings. The lowest BCUT2D eigenvalue weighted by atomic mass is 10.1. The lowest BCUT2D eigenvalue weighted by Crippen LogP contribution is -2.18. The van der Waals surface area contributed by atoms with E-state index < -0.39 is 0 Å². The number of hydrogen-bond acceptors (Lipinski definition) is 3. The molecule has 0 amide bonds. The van der Waals surface area contributed by atoms with Crippen LogP contribution >= 0.6 is 11.6 Å². The van der Waals surface area contributed by atoms with Crippen molar-refractivity contribution in [1.29, 1.82) is 0 Å². The lowest BCUT2D eigenvalue weighted by molar-refractivity contribution is 0.758. The van der Waals surface area contributed by atoms with Crippen LogP contribution in [0.1, 0.15) is 44.0 Å². The van der Waals surface area contributed by atoms with Gasteiger partial charge in [0.2, 0.25) is 5.95 Å². The van der Waals surface area contributed by atoms with Gasteiger partial charge in [0.15, 0.2) is 0 Å². The fourth-order valence-electron chi connectivity index (χ4n) is 1.78. The van der Waals surface area contributed by atoms with Crippen molar-refractivity contribution in [2.75, 3.05) is 11.9 Å². The van der Waals surface area contributed by atoms with Crippen LogP contribution in [0.15, 0.2) is 6.07 Å². The van der Waals surface area contributed by atoms with E-state index in [0.29, 0.717) is 17.8 Å². The molecule has 0 spiro atoms. The summed E-state index contributed by atoms with van der Waals surface area (Å²) in [7, 11) is 0. The summed E-state index contributed by atoms with van der Waals surface area (Å²) in [5.41, 5.74) is 2.08. The first-order valence-electron chi connectivity index (χ1n) is 6.30. The summed E-state index contributed by atoms with van der Waals surface area (Å²) in [6.07, 6.45) is 2.53. The third kappa shape index (κ3) is 3.56. The summed E-state index contributed by atoms with van der Waals surface area (Å²) in [6.45, 7) is 7.03. The monoisotopic (exact) mass is 253 g/mol. The number of aryl methyl sites for hydroxylation is 1. The second-order valence-corrected chi connectivity index (χ2v) is 5.71. The highest BCUT2D eigenvalue weighted by molar-refractivity contribution is 6.21. The standard InChI is InChI=1S/C13H20ClN3/c1-8(2)12-6-9(3)16-13(17-12)15-7-11(14)10-4-5-10/h6,8,10-11H,4-5,7H2,1-3H3,(H,15,16,17). The maximum absolute atomic E-state index is 6.25. The van der Waals surface area contributed by atoms with E-state index in [1.54, 1.807) is 0 Å². The molecular weight excluding hydrogens is 234 g/mol. The topological polar surface area (TPSA) is 37.8 Å². The van der Waals surface area contributed by atoms with Crippen LogP contribution in [0.5, 0.6) is 0 Å². The highest BCUT2D eigenvalue weighted by Crippen LogP contribution is 2.35. The first kappa shape index (κ1) is 12.6. The number of hydrogen-bond donors (Lipinski definition) is 1. The van der Waals surface area contributed by atoms with Gasteiger partial charge in [0.05, 0.1) is 5.38 Å². The van der Waals surface area contributed by atoms with Crippen molar-refractivity contribution >= 4 is 17.5 Å². The summed E-state index contributed by atoms with van der Waals surface area (Å²) >= 11 is 6.25. The SMILES string of the molecule is Cc1cc(C(C)C)nc(NCC(Cl)C2CC2)n1. The Hall–Kier alpha value is -0.830. The van der Waals surface area contributed by atoms with E-state index in [0.717, 1.165) is 17.9 Å². The second-order valence-electron chi connectivity index (χ2n) is 5.15. The Morgan fingerprint density at radius 2 is 2.12 bits per heavy atom. The minimum Gasteiger partial charge on any atom is -0.353 e. The molecule has 17 heavy (non-hydrogen) atoms. The molecule has 0 bridgehead atoms. The van der Waals surface area contributed by atoms with Crippen LogP contribution in [-0.4, -0.2) is 21.9 Å². The maximum atomic E-state index is 6.25. The summed E-state index contributed by atoms with van der Waals surface area (Å²) in [6, 6.07) is 2.04. The van der Waals surface area contributed by atoms with E-state index >= 15 is 0 Å². The first-order chi connectivity index (χ1) is 8.06. The van der Waals surface area contributed by atoms with Crippen molar-refractivity contribution < 1.29 is 0 Å². The van der Waals surface area contributed by atoms with Gasteiger partial charge in [-0.05, 0) is 37.7 Å². The third-order valence-electron chi connectivity index (χ3n) is 3.05. The van der Waals surface area contributed by atoms with E-state index in [9.17, 15) is 0 Å². The molecule has 0 aliphatic heterocycles. The molecular formula is C13H20ClN3. The van der Waals surface area contributed by atoms with Gasteiger partial charge in [-0.1, -0.05) is 13.8 Å². The van der Waals surface area contributed by atoms with Crippen LogP contribution in [0.4, 0.5) is 5.95 Å². The lowest BCUT2D eigenvalue weighted by Gasteiger charge is -2.12. The van der Waals surface area contributed by atoms with E-state index in [1.807, 2.05) is 13.0 Å². The Morgan fingerprint density at radius 3 is 2.71 bits per heavy atom. The van der Waals surface area contributed by atoms with Gasteiger partial charge in [0.1, 0.15) is 0 Å². The molecule has 0 radical (unpaired) electrons. The number of aromatic nitrogens is 2. The third-order valence-corrected chi connectivity index (χ3v) is 3.56. The zero-order valence-corrected chi connectivity index (χ0v) is 11.5. The molecule has 0 saturated heterocycles. The van der Waals surface area contributed by atoms with Gasteiger partial charge in [-0.25, -0.2) is 9.97 Å². The molecule has 1 atom stereocenters. The molecule has 1 aliphatic carbocycles. The minimum absolute atomic E-state index is 0.210. The van der Waals surface area contributed by atoms with E-state index in [2.05, 4.69) is 29.1 Å². The van der Waals surface area contributed by atoms with Crippen molar-refractivity contribution in [2.24, 2.45) is 5.92 Å². The fourth-order valence-corrected chi connectivity index (χ4v) is 2.11. The van der Waals surface area contributed by atoms with Crippen LogP contribution in [0.25, 0.3) is 0 Å². The Bertz CT molecular complexity index is 388. The van der Waals surface area contributed by atoms with Gasteiger partial charge in [-0.2, -0.15) is 0 Å². The van der Waals surface area contributed by atoms with Crippen molar-refractivity contribution in [1.82, 2.24) is 9.97 Å². The van der Waals surface area contributed by atoms with Crippen molar-refractivity contribution in [3.8, 4) is 0 Å². The molecule has 0 aromatic carbocycles. The first-order valence-corrected chi connectivity index (χ1v) is 6.73. The normalized spacial score (nSPS) is 17.2. The molecule has 1 N–H and O–H groups in total. The van der Waals surface area contributed by atoms with Gasteiger partial charge >= 0.3 is 0 Å². The van der Waals surface area contributed by atoms with E-state index in [4.69, 9.17) is 11.6 Å². The van der Waals surface area contributed by atoms with Gasteiger partial charge in [-0.15, -0.1) is 11.6 Å². The average Bonchev–Trinajstić information content (AvgIpc) is 3.08. The maximum Gasteiger partial charge on any atom is 0.223 e. The Labute approximate surface area is 108 Å². The quantitative estimate of drug-likeness (QED) is 0.818. The van der Waals surface area contributed by atoms with Crippen LogP contribution in [0, 0.1) is 12.8 Å². The number of nitrogens with zero attached hydrogens (tertiary/aromatic N) is 2. The summed E-state index contributed by atoms with van der Waals surface area (Å²) in [4.78, 5) is 8.89. The molecule has 1 unspecified atom stereocenters. The number of rotatable bonds is 5. The van der Waals surface area contributed by atoms with Crippen molar-refractivity contribution in [3.63, 3.8) is 0 Å². The Kier molecular flexibility index (Phi) is 3.87. The minimum atomic E-state index is 0.210. The molecule has 1 aromatic heterocycles. The van der Waals surface area contributed by atoms with Crippen LogP contribution in [0.3, 0.4) is 0 Å².